The Morgan fingerprint density at radius 1 is 1.03 bits per heavy atom. The molecule has 3 rings (SSSR count). The largest absolute Gasteiger partial charge is 0.454 e. The number of benzene rings is 1. The van der Waals surface area contributed by atoms with Gasteiger partial charge in [0.05, 0.1) is 32.9 Å². The molecule has 0 spiro atoms. The van der Waals surface area contributed by atoms with Crippen molar-refractivity contribution in [1.82, 2.24) is 15.3 Å². The van der Waals surface area contributed by atoms with Crippen molar-refractivity contribution in [2.45, 2.75) is 27.2 Å². The van der Waals surface area contributed by atoms with E-state index in [1.165, 1.54) is 18.3 Å². The molecule has 3 aromatic rings. The second-order valence-corrected chi connectivity index (χ2v) is 7.76. The SMILES string of the molecule is CC(=O)NCCc1ccc(C(=O)COC(=O)c2ccc3nc(C)c(C)nc3c2)s1. The van der Waals surface area contributed by atoms with E-state index in [1.54, 1.807) is 24.3 Å². The van der Waals surface area contributed by atoms with E-state index in [1.807, 2.05) is 19.9 Å². The number of Topliss-reactive ketones (excluding diaryl/α,β-unsaturated/α-hetero) is 1. The zero-order valence-electron chi connectivity index (χ0n) is 16.4. The Morgan fingerprint density at radius 3 is 2.48 bits per heavy atom. The molecule has 0 unspecified atom stereocenters. The standard InChI is InChI=1S/C21H21N3O4S/c1-12-13(2)24-18-10-15(4-6-17(18)23-12)21(27)28-11-19(26)20-7-5-16(29-20)8-9-22-14(3)25/h4-7,10H,8-9,11H2,1-3H3,(H,22,25). The molecule has 0 saturated heterocycles. The van der Waals surface area contributed by atoms with Gasteiger partial charge in [0, 0.05) is 18.3 Å². The monoisotopic (exact) mass is 411 g/mol. The maximum Gasteiger partial charge on any atom is 0.338 e. The first-order valence-electron chi connectivity index (χ1n) is 9.12. The lowest BCUT2D eigenvalue weighted by atomic mass is 10.2. The van der Waals surface area contributed by atoms with E-state index < -0.39 is 5.97 Å². The highest BCUT2D eigenvalue weighted by Crippen LogP contribution is 2.18. The summed E-state index contributed by atoms with van der Waals surface area (Å²) in [4.78, 5) is 45.9. The molecule has 29 heavy (non-hydrogen) atoms. The molecule has 7 nitrogen and oxygen atoms in total. The minimum absolute atomic E-state index is 0.0882. The highest BCUT2D eigenvalue weighted by atomic mass is 32.1. The molecule has 0 aliphatic rings. The summed E-state index contributed by atoms with van der Waals surface area (Å²) < 4.78 is 5.18. The lowest BCUT2D eigenvalue weighted by molar-refractivity contribution is -0.118. The minimum Gasteiger partial charge on any atom is -0.454 e. The lowest BCUT2D eigenvalue weighted by Crippen LogP contribution is -2.22. The molecule has 0 fully saturated rings. The number of rotatable bonds is 7. The van der Waals surface area contributed by atoms with Crippen LogP contribution in [0.2, 0.25) is 0 Å². The number of carbonyl (C=O) groups is 3. The number of thiophene rings is 1. The van der Waals surface area contributed by atoms with E-state index in [4.69, 9.17) is 4.74 Å². The van der Waals surface area contributed by atoms with Crippen molar-refractivity contribution < 1.29 is 19.1 Å². The number of aryl methyl sites for hydroxylation is 2. The van der Waals surface area contributed by atoms with Crippen LogP contribution in [0.15, 0.2) is 30.3 Å². The van der Waals surface area contributed by atoms with Gasteiger partial charge in [-0.25, -0.2) is 14.8 Å². The molecule has 0 aliphatic heterocycles. The quantitative estimate of drug-likeness (QED) is 0.474. The van der Waals surface area contributed by atoms with Crippen LogP contribution in [-0.4, -0.2) is 40.8 Å². The molecule has 2 heterocycles. The molecule has 0 aliphatic carbocycles. The second-order valence-electron chi connectivity index (χ2n) is 6.60. The van der Waals surface area contributed by atoms with E-state index >= 15 is 0 Å². The fourth-order valence-corrected chi connectivity index (χ4v) is 3.60. The molecule has 0 saturated carbocycles. The van der Waals surface area contributed by atoms with Crippen molar-refractivity contribution in [2.75, 3.05) is 13.2 Å². The summed E-state index contributed by atoms with van der Waals surface area (Å²) in [5, 5.41) is 2.71. The number of aromatic nitrogens is 2. The van der Waals surface area contributed by atoms with Crippen LogP contribution in [-0.2, 0) is 16.0 Å². The fourth-order valence-electron chi connectivity index (χ4n) is 2.67. The zero-order chi connectivity index (χ0) is 21.0. The van der Waals surface area contributed by atoms with Crippen LogP contribution < -0.4 is 5.32 Å². The molecule has 0 atom stereocenters. The Bertz CT molecular complexity index is 1090. The summed E-state index contributed by atoms with van der Waals surface area (Å²) in [7, 11) is 0. The summed E-state index contributed by atoms with van der Waals surface area (Å²) >= 11 is 1.33. The van der Waals surface area contributed by atoms with Crippen LogP contribution in [0.1, 0.15) is 43.2 Å². The highest BCUT2D eigenvalue weighted by molar-refractivity contribution is 7.14. The third kappa shape index (κ3) is 5.23. The van der Waals surface area contributed by atoms with Crippen LogP contribution in [0.3, 0.4) is 0 Å². The van der Waals surface area contributed by atoms with Gasteiger partial charge >= 0.3 is 5.97 Å². The van der Waals surface area contributed by atoms with Crippen molar-refractivity contribution in [1.29, 1.82) is 0 Å². The van der Waals surface area contributed by atoms with Gasteiger partial charge in [-0.05, 0) is 50.6 Å². The number of hydrogen-bond donors (Lipinski definition) is 1. The first-order chi connectivity index (χ1) is 13.8. The van der Waals surface area contributed by atoms with Crippen LogP contribution >= 0.6 is 11.3 Å². The summed E-state index contributed by atoms with van der Waals surface area (Å²) in [5.74, 6) is -0.932. The number of amides is 1. The van der Waals surface area contributed by atoms with Gasteiger partial charge < -0.3 is 10.1 Å². The predicted octanol–water partition coefficient (Wildman–Crippen LogP) is 3.03. The zero-order valence-corrected chi connectivity index (χ0v) is 17.3. The van der Waals surface area contributed by atoms with Gasteiger partial charge in [-0.1, -0.05) is 0 Å². The van der Waals surface area contributed by atoms with Crippen LogP contribution in [0, 0.1) is 13.8 Å². The Morgan fingerprint density at radius 2 is 1.76 bits per heavy atom. The number of nitrogens with one attached hydrogen (secondary N) is 1. The molecule has 1 N–H and O–H groups in total. The average molecular weight is 411 g/mol. The molecular weight excluding hydrogens is 390 g/mol. The number of carbonyl (C=O) groups excluding carboxylic acids is 3. The van der Waals surface area contributed by atoms with Crippen molar-refractivity contribution in [3.8, 4) is 0 Å². The number of hydrogen-bond acceptors (Lipinski definition) is 7. The van der Waals surface area contributed by atoms with Crippen molar-refractivity contribution >= 4 is 40.0 Å². The maximum atomic E-state index is 12.3. The lowest BCUT2D eigenvalue weighted by Gasteiger charge is -2.06. The predicted molar refractivity (Wildman–Crippen MR) is 110 cm³/mol. The fraction of sp³-hybridized carbons (Fsp3) is 0.286. The smallest absolute Gasteiger partial charge is 0.338 e. The van der Waals surface area contributed by atoms with Crippen molar-refractivity contribution in [2.24, 2.45) is 0 Å². The van der Waals surface area contributed by atoms with Gasteiger partial charge in [-0.15, -0.1) is 11.3 Å². The Kier molecular flexibility index (Phi) is 6.33. The van der Waals surface area contributed by atoms with E-state index in [-0.39, 0.29) is 18.3 Å². The summed E-state index contributed by atoms with van der Waals surface area (Å²) in [5.41, 5.74) is 3.27. The van der Waals surface area contributed by atoms with Crippen LogP contribution in [0.5, 0.6) is 0 Å². The highest BCUT2D eigenvalue weighted by Gasteiger charge is 2.15. The molecule has 2 aromatic heterocycles. The maximum absolute atomic E-state index is 12.3. The molecule has 8 heteroatoms. The normalized spacial score (nSPS) is 10.7. The first-order valence-corrected chi connectivity index (χ1v) is 9.93. The molecule has 1 amide bonds. The third-order valence-corrected chi connectivity index (χ3v) is 5.51. The number of nitrogens with zero attached hydrogens (tertiary/aromatic N) is 2. The van der Waals surface area contributed by atoms with Gasteiger partial charge in [0.1, 0.15) is 0 Å². The van der Waals surface area contributed by atoms with E-state index in [2.05, 4.69) is 15.3 Å². The van der Waals surface area contributed by atoms with Gasteiger partial charge in [0.15, 0.2) is 6.61 Å². The summed E-state index contributed by atoms with van der Waals surface area (Å²) in [6.45, 7) is 5.38. The number of fused-ring (bicyclic) bond motifs is 1. The second kappa shape index (κ2) is 8.91. The van der Waals surface area contributed by atoms with Gasteiger partial charge in [0.25, 0.3) is 0 Å². The minimum atomic E-state index is -0.581. The number of ketones is 1. The summed E-state index contributed by atoms with van der Waals surface area (Å²) in [6.07, 6.45) is 0.647. The third-order valence-electron chi connectivity index (χ3n) is 4.33. The topological polar surface area (TPSA) is 98.2 Å². The molecule has 0 radical (unpaired) electrons. The van der Waals surface area contributed by atoms with Gasteiger partial charge in [-0.3, -0.25) is 9.59 Å². The van der Waals surface area contributed by atoms with Crippen LogP contribution in [0.25, 0.3) is 11.0 Å². The Balaban J connectivity index is 1.59. The first kappa shape index (κ1) is 20.6. The number of esters is 1. The Hall–Kier alpha value is -3.13. The molecule has 150 valence electrons. The van der Waals surface area contributed by atoms with Crippen LogP contribution in [0.4, 0.5) is 0 Å². The van der Waals surface area contributed by atoms with E-state index in [9.17, 15) is 14.4 Å². The Labute approximate surface area is 172 Å². The van der Waals surface area contributed by atoms with Gasteiger partial charge in [0.2, 0.25) is 11.7 Å². The molecule has 1 aromatic carbocycles. The van der Waals surface area contributed by atoms with E-state index in [0.29, 0.717) is 34.4 Å². The average Bonchev–Trinajstić information content (AvgIpc) is 3.15. The molecular formula is C21H21N3O4S. The van der Waals surface area contributed by atoms with Gasteiger partial charge in [-0.2, -0.15) is 0 Å². The number of ether oxygens (including phenoxy) is 1. The van der Waals surface area contributed by atoms with Crippen molar-refractivity contribution in [3.63, 3.8) is 0 Å². The van der Waals surface area contributed by atoms with E-state index in [0.717, 1.165) is 16.3 Å². The summed E-state index contributed by atoms with van der Waals surface area (Å²) in [6, 6.07) is 8.50. The van der Waals surface area contributed by atoms with Crippen molar-refractivity contribution in [3.05, 3.63) is 57.0 Å². The molecule has 0 bridgehead atoms.